The van der Waals surface area contributed by atoms with Crippen LogP contribution in [0.3, 0.4) is 0 Å². The van der Waals surface area contributed by atoms with Crippen molar-refractivity contribution in [2.24, 2.45) is 0 Å². The number of aryl methyl sites for hydroxylation is 2. The maximum absolute atomic E-state index is 12.4. The number of anilines is 2. The molecule has 6 nitrogen and oxygen atoms in total. The maximum atomic E-state index is 12.4. The molecule has 4 rings (SSSR count). The molecule has 0 saturated carbocycles. The number of hydrogen-bond donors (Lipinski definition) is 0. The first-order valence-electron chi connectivity index (χ1n) is 9.77. The van der Waals surface area contributed by atoms with E-state index in [1.165, 1.54) is 23.1 Å². The van der Waals surface area contributed by atoms with Gasteiger partial charge in [0, 0.05) is 23.6 Å². The first-order chi connectivity index (χ1) is 14.9. The van der Waals surface area contributed by atoms with Crippen LogP contribution in [0, 0.1) is 20.8 Å². The minimum absolute atomic E-state index is 0.0676. The number of nitrogens with zero attached hydrogens (tertiary/aromatic N) is 4. The third-order valence-electron chi connectivity index (χ3n) is 4.99. The SMILES string of the molecule is CC(=O)N(c1nc(CSc2nnc(-c3ccccc3C)o2)cs1)c1cccc(C)c1C. The Bertz CT molecular complexity index is 1230. The molecule has 0 fully saturated rings. The molecular weight excluding hydrogens is 428 g/mol. The van der Waals surface area contributed by atoms with E-state index in [1.54, 1.807) is 11.8 Å². The summed E-state index contributed by atoms with van der Waals surface area (Å²) in [7, 11) is 0. The molecule has 0 aliphatic rings. The number of thiazole rings is 1. The van der Waals surface area contributed by atoms with E-state index in [2.05, 4.69) is 15.2 Å². The smallest absolute Gasteiger partial charge is 0.277 e. The number of carbonyl (C=O) groups excluding carboxylic acids is 1. The summed E-state index contributed by atoms with van der Waals surface area (Å²) in [5, 5.41) is 11.4. The van der Waals surface area contributed by atoms with Gasteiger partial charge in [-0.15, -0.1) is 21.5 Å². The van der Waals surface area contributed by atoms with Crippen LogP contribution in [0.4, 0.5) is 10.8 Å². The number of benzene rings is 2. The van der Waals surface area contributed by atoms with E-state index in [0.717, 1.165) is 33.6 Å². The van der Waals surface area contributed by atoms with Gasteiger partial charge in [0.2, 0.25) is 11.8 Å². The van der Waals surface area contributed by atoms with Crippen molar-refractivity contribution in [2.75, 3.05) is 4.90 Å². The Kier molecular flexibility index (Phi) is 6.20. The Morgan fingerprint density at radius 2 is 1.84 bits per heavy atom. The Labute approximate surface area is 189 Å². The summed E-state index contributed by atoms with van der Waals surface area (Å²) in [5.41, 5.74) is 5.94. The van der Waals surface area contributed by atoms with Gasteiger partial charge in [0.1, 0.15) is 0 Å². The van der Waals surface area contributed by atoms with E-state index in [9.17, 15) is 4.79 Å². The number of rotatable bonds is 6. The summed E-state index contributed by atoms with van der Waals surface area (Å²) in [6.07, 6.45) is 0. The van der Waals surface area contributed by atoms with Crippen LogP contribution < -0.4 is 4.90 Å². The van der Waals surface area contributed by atoms with Crippen molar-refractivity contribution in [3.63, 3.8) is 0 Å². The first-order valence-corrected chi connectivity index (χ1v) is 11.6. The zero-order valence-corrected chi connectivity index (χ0v) is 19.4. The highest BCUT2D eigenvalue weighted by atomic mass is 32.2. The Balaban J connectivity index is 1.50. The van der Waals surface area contributed by atoms with E-state index in [1.807, 2.05) is 68.6 Å². The number of carbonyl (C=O) groups is 1. The predicted octanol–water partition coefficient (Wildman–Crippen LogP) is 6.10. The van der Waals surface area contributed by atoms with Gasteiger partial charge in [0.15, 0.2) is 5.13 Å². The molecule has 0 N–H and O–H groups in total. The lowest BCUT2D eigenvalue weighted by molar-refractivity contribution is -0.115. The van der Waals surface area contributed by atoms with Crippen LogP contribution in [0.2, 0.25) is 0 Å². The van der Waals surface area contributed by atoms with E-state index < -0.39 is 0 Å². The molecule has 1 amide bonds. The summed E-state index contributed by atoms with van der Waals surface area (Å²) in [5.74, 6) is 1.02. The highest BCUT2D eigenvalue weighted by molar-refractivity contribution is 7.98. The lowest BCUT2D eigenvalue weighted by Gasteiger charge is -2.21. The fraction of sp³-hybridized carbons (Fsp3) is 0.217. The Hall–Kier alpha value is -2.97. The average Bonchev–Trinajstić information content (AvgIpc) is 3.40. The van der Waals surface area contributed by atoms with Gasteiger partial charge >= 0.3 is 0 Å². The molecule has 0 radical (unpaired) electrons. The van der Waals surface area contributed by atoms with Gasteiger partial charge in [0.05, 0.1) is 11.4 Å². The number of aromatic nitrogens is 3. The van der Waals surface area contributed by atoms with E-state index in [0.29, 0.717) is 22.0 Å². The number of hydrogen-bond acceptors (Lipinski definition) is 7. The second-order valence-corrected chi connectivity index (χ2v) is 8.93. The van der Waals surface area contributed by atoms with Crippen LogP contribution in [-0.4, -0.2) is 21.1 Å². The highest BCUT2D eigenvalue weighted by Crippen LogP contribution is 2.34. The van der Waals surface area contributed by atoms with Crippen molar-refractivity contribution < 1.29 is 9.21 Å². The van der Waals surface area contributed by atoms with Crippen molar-refractivity contribution in [1.82, 2.24) is 15.2 Å². The molecule has 31 heavy (non-hydrogen) atoms. The summed E-state index contributed by atoms with van der Waals surface area (Å²) in [4.78, 5) is 18.8. The molecule has 0 saturated heterocycles. The van der Waals surface area contributed by atoms with Gasteiger partial charge in [-0.05, 0) is 49.6 Å². The van der Waals surface area contributed by atoms with Crippen LogP contribution in [0.25, 0.3) is 11.5 Å². The van der Waals surface area contributed by atoms with Crippen LogP contribution in [0.15, 0.2) is 57.5 Å². The summed E-state index contributed by atoms with van der Waals surface area (Å²) < 4.78 is 5.81. The topological polar surface area (TPSA) is 72.1 Å². The van der Waals surface area contributed by atoms with Crippen molar-refractivity contribution in [3.8, 4) is 11.5 Å². The predicted molar refractivity (Wildman–Crippen MR) is 125 cm³/mol. The fourth-order valence-corrected chi connectivity index (χ4v) is 4.82. The fourth-order valence-electron chi connectivity index (χ4n) is 3.18. The van der Waals surface area contributed by atoms with Crippen LogP contribution in [-0.2, 0) is 10.5 Å². The van der Waals surface area contributed by atoms with Gasteiger partial charge in [-0.1, -0.05) is 42.1 Å². The standard InChI is InChI=1S/C23H22N4O2S2/c1-14-9-7-11-20(16(14)3)27(17(4)28)22-24-18(12-30-22)13-31-23-26-25-21(29-23)19-10-6-5-8-15(19)2/h5-12H,13H2,1-4H3. The molecule has 0 aliphatic heterocycles. The molecular formula is C23H22N4O2S2. The molecule has 0 spiro atoms. The van der Waals surface area contributed by atoms with E-state index in [-0.39, 0.29) is 5.91 Å². The van der Waals surface area contributed by atoms with Crippen molar-refractivity contribution in [1.29, 1.82) is 0 Å². The second-order valence-electron chi connectivity index (χ2n) is 7.17. The molecule has 2 aromatic heterocycles. The van der Waals surface area contributed by atoms with Gasteiger partial charge < -0.3 is 4.42 Å². The van der Waals surface area contributed by atoms with Gasteiger partial charge in [-0.25, -0.2) is 4.98 Å². The lowest BCUT2D eigenvalue weighted by Crippen LogP contribution is -2.23. The largest absolute Gasteiger partial charge is 0.411 e. The van der Waals surface area contributed by atoms with Crippen LogP contribution in [0.5, 0.6) is 0 Å². The number of amides is 1. The molecule has 8 heteroatoms. The monoisotopic (exact) mass is 450 g/mol. The number of thioether (sulfide) groups is 1. The Morgan fingerprint density at radius 1 is 1.06 bits per heavy atom. The summed E-state index contributed by atoms with van der Waals surface area (Å²) in [6, 6.07) is 13.9. The molecule has 2 heterocycles. The Morgan fingerprint density at radius 3 is 2.61 bits per heavy atom. The zero-order chi connectivity index (χ0) is 22.0. The van der Waals surface area contributed by atoms with Crippen molar-refractivity contribution in [3.05, 3.63) is 70.2 Å². The first kappa shape index (κ1) is 21.3. The molecule has 0 atom stereocenters. The molecule has 0 bridgehead atoms. The van der Waals surface area contributed by atoms with Gasteiger partial charge in [-0.2, -0.15) is 0 Å². The third-order valence-corrected chi connectivity index (χ3v) is 6.71. The van der Waals surface area contributed by atoms with E-state index in [4.69, 9.17) is 4.42 Å². The quantitative estimate of drug-likeness (QED) is 0.331. The third kappa shape index (κ3) is 4.55. The maximum Gasteiger partial charge on any atom is 0.277 e. The average molecular weight is 451 g/mol. The minimum Gasteiger partial charge on any atom is -0.411 e. The molecule has 0 aliphatic carbocycles. The normalized spacial score (nSPS) is 11.0. The van der Waals surface area contributed by atoms with Crippen LogP contribution in [0.1, 0.15) is 29.3 Å². The van der Waals surface area contributed by atoms with Gasteiger partial charge in [0.25, 0.3) is 5.22 Å². The van der Waals surface area contributed by atoms with Crippen molar-refractivity contribution in [2.45, 2.75) is 38.7 Å². The minimum atomic E-state index is -0.0676. The summed E-state index contributed by atoms with van der Waals surface area (Å²) in [6.45, 7) is 7.63. The second kappa shape index (κ2) is 9.03. The van der Waals surface area contributed by atoms with Crippen molar-refractivity contribution >= 4 is 39.8 Å². The summed E-state index contributed by atoms with van der Waals surface area (Å²) >= 11 is 2.88. The molecule has 0 unspecified atom stereocenters. The molecule has 4 aromatic rings. The molecule has 2 aromatic carbocycles. The zero-order valence-electron chi connectivity index (χ0n) is 17.7. The molecule has 158 valence electrons. The highest BCUT2D eigenvalue weighted by Gasteiger charge is 2.20. The van der Waals surface area contributed by atoms with Crippen LogP contribution >= 0.6 is 23.1 Å². The van der Waals surface area contributed by atoms with E-state index >= 15 is 0 Å². The lowest BCUT2D eigenvalue weighted by atomic mass is 10.1. The van der Waals surface area contributed by atoms with Gasteiger partial charge in [-0.3, -0.25) is 9.69 Å².